The van der Waals surface area contributed by atoms with Crippen molar-refractivity contribution in [2.45, 2.75) is 19.4 Å². The van der Waals surface area contributed by atoms with E-state index < -0.39 is 4.92 Å². The number of hydrogen-bond acceptors (Lipinski definition) is 7. The van der Waals surface area contributed by atoms with Gasteiger partial charge in [0, 0.05) is 41.9 Å². The summed E-state index contributed by atoms with van der Waals surface area (Å²) in [7, 11) is 0. The summed E-state index contributed by atoms with van der Waals surface area (Å²) in [4.78, 5) is 19.8. The normalized spacial score (nSPS) is 15.6. The van der Waals surface area contributed by atoms with E-state index in [0.29, 0.717) is 11.3 Å². The van der Waals surface area contributed by atoms with Gasteiger partial charge in [0.25, 0.3) is 5.69 Å². The summed E-state index contributed by atoms with van der Waals surface area (Å²) in [5, 5.41) is 20.7. The van der Waals surface area contributed by atoms with Gasteiger partial charge in [0.15, 0.2) is 0 Å². The molecule has 5 rings (SSSR count). The third kappa shape index (κ3) is 3.88. The fraction of sp³-hybridized carbons (Fsp3) is 0.125. The van der Waals surface area contributed by atoms with Gasteiger partial charge in [-0.25, -0.2) is 9.99 Å². The number of aryl methyl sites for hydroxylation is 1. The second-order valence-corrected chi connectivity index (χ2v) is 8.43. The molecule has 0 spiro atoms. The highest BCUT2D eigenvalue weighted by atomic mass is 32.1. The Hall–Kier alpha value is -3.91. The predicted molar refractivity (Wildman–Crippen MR) is 126 cm³/mol. The number of nitrogens with zero attached hydrogens (tertiary/aromatic N) is 5. The number of nitro benzene ring substituents is 1. The van der Waals surface area contributed by atoms with Crippen LogP contribution in [-0.2, 0) is 0 Å². The maximum Gasteiger partial charge on any atom is 0.270 e. The average Bonchev–Trinajstić information content (AvgIpc) is 3.47. The van der Waals surface area contributed by atoms with Crippen LogP contribution in [0.3, 0.4) is 0 Å². The van der Waals surface area contributed by atoms with Crippen molar-refractivity contribution in [3.05, 3.63) is 105 Å². The Morgan fingerprint density at radius 2 is 1.94 bits per heavy atom. The lowest BCUT2D eigenvalue weighted by Gasteiger charge is -2.20. The van der Waals surface area contributed by atoms with Crippen LogP contribution in [0, 0.1) is 17.0 Å². The highest BCUT2D eigenvalue weighted by Gasteiger charge is 2.32. The second kappa shape index (κ2) is 8.32. The van der Waals surface area contributed by atoms with Gasteiger partial charge in [-0.05, 0) is 24.1 Å². The van der Waals surface area contributed by atoms with Gasteiger partial charge in [-0.3, -0.25) is 15.1 Å². The monoisotopic (exact) mass is 441 g/mol. The van der Waals surface area contributed by atoms with Gasteiger partial charge in [0.05, 0.1) is 22.4 Å². The Labute approximate surface area is 188 Å². The van der Waals surface area contributed by atoms with E-state index in [9.17, 15) is 10.1 Å². The van der Waals surface area contributed by atoms with Gasteiger partial charge in [-0.15, -0.1) is 11.3 Å². The van der Waals surface area contributed by atoms with Crippen molar-refractivity contribution in [3.63, 3.8) is 0 Å². The fourth-order valence-electron chi connectivity index (χ4n) is 3.80. The molecule has 0 fully saturated rings. The topological polar surface area (TPSA) is 84.5 Å². The summed E-state index contributed by atoms with van der Waals surface area (Å²) in [5.41, 5.74) is 5.78. The lowest BCUT2D eigenvalue weighted by Crippen LogP contribution is -2.18. The summed E-state index contributed by atoms with van der Waals surface area (Å²) in [6.45, 7) is 2.07. The zero-order valence-electron chi connectivity index (χ0n) is 17.3. The van der Waals surface area contributed by atoms with Crippen molar-refractivity contribution in [1.82, 2.24) is 9.97 Å². The van der Waals surface area contributed by atoms with Crippen LogP contribution in [-0.4, -0.2) is 20.6 Å². The van der Waals surface area contributed by atoms with Crippen LogP contribution in [0.25, 0.3) is 11.3 Å². The maximum absolute atomic E-state index is 11.1. The number of pyridine rings is 1. The largest absolute Gasteiger partial charge is 0.270 e. The standard InChI is InChI=1S/C24H19N5O2S/c1-16-5-2-6-17(11-16)21-13-23(19-8-4-10-25-14-19)28(27-21)24-26-22(15-32-24)18-7-3-9-20(12-18)29(30)31/h2-12,14-15,23H,13H2,1H3. The fourth-order valence-corrected chi connectivity index (χ4v) is 4.63. The molecule has 0 saturated heterocycles. The number of hydrazone groups is 1. The van der Waals surface area contributed by atoms with Crippen LogP contribution >= 0.6 is 11.3 Å². The average molecular weight is 442 g/mol. The molecular weight excluding hydrogens is 422 g/mol. The van der Waals surface area contributed by atoms with Gasteiger partial charge in [-0.2, -0.15) is 5.10 Å². The van der Waals surface area contributed by atoms with Gasteiger partial charge in [0.1, 0.15) is 0 Å². The number of nitro groups is 1. The molecule has 8 heteroatoms. The SMILES string of the molecule is Cc1cccc(C2=NN(c3nc(-c4cccc([N+](=O)[O-])c4)cs3)C(c3cccnc3)C2)c1. The van der Waals surface area contributed by atoms with Gasteiger partial charge >= 0.3 is 0 Å². The number of hydrogen-bond donors (Lipinski definition) is 0. The summed E-state index contributed by atoms with van der Waals surface area (Å²) in [6, 6.07) is 18.8. The van der Waals surface area contributed by atoms with Gasteiger partial charge < -0.3 is 0 Å². The molecule has 32 heavy (non-hydrogen) atoms. The smallest absolute Gasteiger partial charge is 0.264 e. The minimum Gasteiger partial charge on any atom is -0.264 e. The summed E-state index contributed by atoms with van der Waals surface area (Å²) < 4.78 is 0. The first-order valence-corrected chi connectivity index (χ1v) is 11.0. The Morgan fingerprint density at radius 3 is 2.72 bits per heavy atom. The first kappa shape index (κ1) is 20.0. The van der Waals surface area contributed by atoms with Crippen molar-refractivity contribution in [2.75, 3.05) is 5.01 Å². The number of benzene rings is 2. The van der Waals surface area contributed by atoms with E-state index in [2.05, 4.69) is 36.2 Å². The molecule has 0 aliphatic carbocycles. The van der Waals surface area contributed by atoms with E-state index in [1.165, 1.54) is 23.0 Å². The molecule has 1 aliphatic rings. The summed E-state index contributed by atoms with van der Waals surface area (Å²) >= 11 is 1.47. The lowest BCUT2D eigenvalue weighted by molar-refractivity contribution is -0.384. The molecule has 2 aromatic heterocycles. The van der Waals surface area contributed by atoms with E-state index >= 15 is 0 Å². The second-order valence-electron chi connectivity index (χ2n) is 7.59. The van der Waals surface area contributed by atoms with Crippen molar-refractivity contribution >= 4 is 27.9 Å². The van der Waals surface area contributed by atoms with Crippen LogP contribution in [0.1, 0.15) is 29.2 Å². The zero-order valence-corrected chi connectivity index (χ0v) is 18.1. The minimum atomic E-state index is -0.395. The van der Waals surface area contributed by atoms with Crippen molar-refractivity contribution in [3.8, 4) is 11.3 Å². The first-order valence-electron chi connectivity index (χ1n) is 10.1. The Bertz CT molecular complexity index is 1320. The molecule has 1 aliphatic heterocycles. The number of thiazole rings is 1. The molecule has 7 nitrogen and oxygen atoms in total. The number of aromatic nitrogens is 2. The Morgan fingerprint density at radius 1 is 1.09 bits per heavy atom. The molecule has 1 atom stereocenters. The van der Waals surface area contributed by atoms with E-state index in [1.54, 1.807) is 18.3 Å². The van der Waals surface area contributed by atoms with Crippen molar-refractivity contribution < 1.29 is 4.92 Å². The number of non-ortho nitro benzene ring substituents is 1. The number of anilines is 1. The summed E-state index contributed by atoms with van der Waals surface area (Å²) in [5.74, 6) is 0. The lowest BCUT2D eigenvalue weighted by atomic mass is 9.99. The quantitative estimate of drug-likeness (QED) is 0.290. The van der Waals surface area contributed by atoms with Crippen LogP contribution in [0.15, 0.2) is 83.5 Å². The maximum atomic E-state index is 11.1. The third-order valence-electron chi connectivity index (χ3n) is 5.37. The minimum absolute atomic E-state index is 0.0247. The van der Waals surface area contributed by atoms with Crippen molar-refractivity contribution in [1.29, 1.82) is 0 Å². The molecule has 4 aromatic rings. The molecule has 0 saturated carbocycles. The van der Waals surface area contributed by atoms with Crippen LogP contribution in [0.5, 0.6) is 0 Å². The zero-order chi connectivity index (χ0) is 22.1. The first-order chi connectivity index (χ1) is 15.6. The molecule has 0 N–H and O–H groups in total. The number of rotatable bonds is 5. The molecule has 158 valence electrons. The molecule has 2 aromatic carbocycles. The van der Waals surface area contributed by atoms with E-state index in [1.807, 2.05) is 34.8 Å². The highest BCUT2D eigenvalue weighted by Crippen LogP contribution is 2.39. The molecule has 1 unspecified atom stereocenters. The third-order valence-corrected chi connectivity index (χ3v) is 6.20. The van der Waals surface area contributed by atoms with Gasteiger partial charge in [-0.1, -0.05) is 48.0 Å². The van der Waals surface area contributed by atoms with Crippen LogP contribution in [0.2, 0.25) is 0 Å². The molecule has 3 heterocycles. The van der Waals surface area contributed by atoms with E-state index in [0.717, 1.165) is 28.4 Å². The Kier molecular flexibility index (Phi) is 5.20. The predicted octanol–water partition coefficient (Wildman–Crippen LogP) is 5.78. The Balaban J connectivity index is 1.53. The highest BCUT2D eigenvalue weighted by molar-refractivity contribution is 7.14. The van der Waals surface area contributed by atoms with Gasteiger partial charge in [0.2, 0.25) is 5.13 Å². The van der Waals surface area contributed by atoms with E-state index in [-0.39, 0.29) is 11.7 Å². The summed E-state index contributed by atoms with van der Waals surface area (Å²) in [6.07, 6.45) is 4.36. The molecule has 0 radical (unpaired) electrons. The van der Waals surface area contributed by atoms with Crippen LogP contribution < -0.4 is 5.01 Å². The molecule has 0 amide bonds. The van der Waals surface area contributed by atoms with E-state index in [4.69, 9.17) is 10.1 Å². The van der Waals surface area contributed by atoms with Crippen molar-refractivity contribution in [2.24, 2.45) is 5.10 Å². The molecule has 0 bridgehead atoms. The van der Waals surface area contributed by atoms with Crippen LogP contribution in [0.4, 0.5) is 10.8 Å². The molecular formula is C24H19N5O2S.